The summed E-state index contributed by atoms with van der Waals surface area (Å²) in [6.07, 6.45) is 0.213. The van der Waals surface area contributed by atoms with Crippen LogP contribution in [0, 0.1) is 0 Å². The number of hydrogen-bond donors (Lipinski definition) is 1. The molecule has 1 unspecified atom stereocenters. The lowest BCUT2D eigenvalue weighted by atomic mass is 10.0. The molecule has 1 N–H and O–H groups in total. The number of carbonyl (C=O) groups is 2. The number of carbonyl (C=O) groups excluding carboxylic acids is 1. The van der Waals surface area contributed by atoms with Crippen molar-refractivity contribution in [1.29, 1.82) is 0 Å². The molecule has 0 heterocycles. The lowest BCUT2D eigenvalue weighted by molar-refractivity contribution is -0.141. The molecule has 0 fully saturated rings. The molecule has 0 aliphatic rings. The topological polar surface area (TPSA) is 76.1 Å². The molecule has 132 valence electrons. The zero-order valence-corrected chi connectivity index (χ0v) is 14.4. The summed E-state index contributed by atoms with van der Waals surface area (Å²) < 4.78 is 10.4. The van der Waals surface area contributed by atoms with Gasteiger partial charge in [-0.2, -0.15) is 0 Å². The van der Waals surface area contributed by atoms with Crippen molar-refractivity contribution in [1.82, 2.24) is 4.90 Å². The van der Waals surface area contributed by atoms with E-state index >= 15 is 0 Å². The van der Waals surface area contributed by atoms with Gasteiger partial charge in [-0.15, -0.1) is 0 Å². The number of ether oxygens (including phenoxy) is 2. The standard InChI is InChI=1S/C19H21NO5/c1-20(16(19(22)23)11-13-7-5-4-6-8-13)18(21)15-12-14(24-2)9-10-17(15)25-3/h4-10,12,16H,11H2,1-3H3,(H,22,23). The molecule has 6 nitrogen and oxygen atoms in total. The van der Waals surface area contributed by atoms with Gasteiger partial charge in [0.2, 0.25) is 0 Å². The van der Waals surface area contributed by atoms with Crippen LogP contribution in [-0.4, -0.2) is 49.2 Å². The van der Waals surface area contributed by atoms with E-state index in [9.17, 15) is 14.7 Å². The van der Waals surface area contributed by atoms with Crippen LogP contribution < -0.4 is 9.47 Å². The summed E-state index contributed by atoms with van der Waals surface area (Å²) in [5.41, 5.74) is 1.09. The van der Waals surface area contributed by atoms with Crippen molar-refractivity contribution >= 4 is 11.9 Å². The van der Waals surface area contributed by atoms with Gasteiger partial charge in [-0.3, -0.25) is 4.79 Å². The fraction of sp³-hybridized carbons (Fsp3) is 0.263. The first-order valence-electron chi connectivity index (χ1n) is 7.73. The van der Waals surface area contributed by atoms with Crippen LogP contribution in [0.25, 0.3) is 0 Å². The van der Waals surface area contributed by atoms with Gasteiger partial charge < -0.3 is 19.5 Å². The molecule has 0 saturated heterocycles. The summed E-state index contributed by atoms with van der Waals surface area (Å²) >= 11 is 0. The second kappa shape index (κ2) is 8.19. The third kappa shape index (κ3) is 4.29. The Bertz CT molecular complexity index is 745. The van der Waals surface area contributed by atoms with E-state index in [0.29, 0.717) is 11.5 Å². The van der Waals surface area contributed by atoms with Crippen molar-refractivity contribution in [3.05, 3.63) is 59.7 Å². The van der Waals surface area contributed by atoms with Crippen molar-refractivity contribution in [2.24, 2.45) is 0 Å². The van der Waals surface area contributed by atoms with Crippen LogP contribution in [0.1, 0.15) is 15.9 Å². The highest BCUT2D eigenvalue weighted by Crippen LogP contribution is 2.26. The Hall–Kier alpha value is -3.02. The molecule has 2 aromatic carbocycles. The van der Waals surface area contributed by atoms with Crippen LogP contribution in [0.3, 0.4) is 0 Å². The molecule has 0 aromatic heterocycles. The normalized spacial score (nSPS) is 11.5. The van der Waals surface area contributed by atoms with E-state index < -0.39 is 17.9 Å². The molecule has 0 radical (unpaired) electrons. The van der Waals surface area contributed by atoms with Gasteiger partial charge in [-0.05, 0) is 23.8 Å². The number of likely N-dealkylation sites (N-methyl/N-ethyl adjacent to an activating group) is 1. The molecule has 25 heavy (non-hydrogen) atoms. The average Bonchev–Trinajstić information content (AvgIpc) is 2.65. The lowest BCUT2D eigenvalue weighted by Crippen LogP contribution is -2.44. The van der Waals surface area contributed by atoms with Gasteiger partial charge in [0, 0.05) is 13.5 Å². The van der Waals surface area contributed by atoms with Crippen molar-refractivity contribution in [2.75, 3.05) is 21.3 Å². The third-order valence-electron chi connectivity index (χ3n) is 3.98. The van der Waals surface area contributed by atoms with E-state index in [0.717, 1.165) is 5.56 Å². The van der Waals surface area contributed by atoms with E-state index in [1.165, 1.54) is 26.2 Å². The molecule has 0 aliphatic carbocycles. The Balaban J connectivity index is 2.31. The highest BCUT2D eigenvalue weighted by molar-refractivity contribution is 5.99. The highest BCUT2D eigenvalue weighted by atomic mass is 16.5. The molecule has 0 aliphatic heterocycles. The predicted molar refractivity (Wildman–Crippen MR) is 93.2 cm³/mol. The van der Waals surface area contributed by atoms with Crippen LogP contribution in [0.5, 0.6) is 11.5 Å². The number of benzene rings is 2. The van der Waals surface area contributed by atoms with Crippen molar-refractivity contribution in [3.63, 3.8) is 0 Å². The fourth-order valence-electron chi connectivity index (χ4n) is 2.54. The Morgan fingerprint density at radius 1 is 1.08 bits per heavy atom. The molecule has 2 aromatic rings. The monoisotopic (exact) mass is 343 g/mol. The molecule has 0 saturated carbocycles. The summed E-state index contributed by atoms with van der Waals surface area (Å²) in [5.74, 6) is -0.658. The number of aliphatic carboxylic acids is 1. The number of amides is 1. The molecular weight excluding hydrogens is 322 g/mol. The molecule has 6 heteroatoms. The van der Waals surface area contributed by atoms with Crippen LogP contribution in [0.2, 0.25) is 0 Å². The average molecular weight is 343 g/mol. The maximum Gasteiger partial charge on any atom is 0.326 e. The van der Waals surface area contributed by atoms with Gasteiger partial charge in [-0.25, -0.2) is 4.79 Å². The number of nitrogens with zero attached hydrogens (tertiary/aromatic N) is 1. The van der Waals surface area contributed by atoms with E-state index in [4.69, 9.17) is 9.47 Å². The second-order valence-corrected chi connectivity index (χ2v) is 5.53. The Kier molecular flexibility index (Phi) is 6.00. The first kappa shape index (κ1) is 18.3. The van der Waals surface area contributed by atoms with Crippen LogP contribution >= 0.6 is 0 Å². The van der Waals surface area contributed by atoms with Crippen molar-refractivity contribution < 1.29 is 24.2 Å². The van der Waals surface area contributed by atoms with Crippen molar-refractivity contribution in [3.8, 4) is 11.5 Å². The molecule has 2 rings (SSSR count). The lowest BCUT2D eigenvalue weighted by Gasteiger charge is -2.26. The summed E-state index contributed by atoms with van der Waals surface area (Å²) in [4.78, 5) is 25.8. The summed E-state index contributed by atoms with van der Waals surface area (Å²) in [7, 11) is 4.43. The van der Waals surface area contributed by atoms with Crippen LogP contribution in [0.15, 0.2) is 48.5 Å². The van der Waals surface area contributed by atoms with E-state index in [-0.39, 0.29) is 12.0 Å². The molecule has 0 bridgehead atoms. The summed E-state index contributed by atoms with van der Waals surface area (Å²) in [6.45, 7) is 0. The number of rotatable bonds is 7. The Labute approximate surface area is 146 Å². The number of carboxylic acids is 1. The minimum absolute atomic E-state index is 0.213. The quantitative estimate of drug-likeness (QED) is 0.836. The molecule has 1 amide bonds. The second-order valence-electron chi connectivity index (χ2n) is 5.53. The molecular formula is C19H21NO5. The van der Waals surface area contributed by atoms with Gasteiger partial charge >= 0.3 is 5.97 Å². The van der Waals surface area contributed by atoms with Gasteiger partial charge in [-0.1, -0.05) is 30.3 Å². The van der Waals surface area contributed by atoms with E-state index in [1.807, 2.05) is 30.3 Å². The van der Waals surface area contributed by atoms with E-state index in [2.05, 4.69) is 0 Å². The smallest absolute Gasteiger partial charge is 0.326 e. The summed E-state index contributed by atoms with van der Waals surface area (Å²) in [5, 5.41) is 9.58. The van der Waals surface area contributed by atoms with Crippen LogP contribution in [-0.2, 0) is 11.2 Å². The molecule has 1 atom stereocenters. The highest BCUT2D eigenvalue weighted by Gasteiger charge is 2.29. The number of methoxy groups -OCH3 is 2. The Morgan fingerprint density at radius 2 is 1.76 bits per heavy atom. The first-order valence-corrected chi connectivity index (χ1v) is 7.73. The van der Waals surface area contributed by atoms with Gasteiger partial charge in [0.1, 0.15) is 17.5 Å². The third-order valence-corrected chi connectivity index (χ3v) is 3.98. The largest absolute Gasteiger partial charge is 0.497 e. The SMILES string of the molecule is COc1ccc(OC)c(C(=O)N(C)C(Cc2ccccc2)C(=O)O)c1. The molecule has 0 spiro atoms. The van der Waals surface area contributed by atoms with Gasteiger partial charge in [0.15, 0.2) is 0 Å². The van der Waals surface area contributed by atoms with Gasteiger partial charge in [0.25, 0.3) is 5.91 Å². The zero-order valence-electron chi connectivity index (χ0n) is 14.4. The fourth-order valence-corrected chi connectivity index (χ4v) is 2.54. The maximum absolute atomic E-state index is 12.9. The first-order chi connectivity index (χ1) is 12.0. The van der Waals surface area contributed by atoms with Crippen LogP contribution in [0.4, 0.5) is 0 Å². The number of hydrogen-bond acceptors (Lipinski definition) is 4. The maximum atomic E-state index is 12.9. The zero-order chi connectivity index (χ0) is 18.4. The Morgan fingerprint density at radius 3 is 2.32 bits per heavy atom. The number of carboxylic acid groups (broad SMARTS) is 1. The minimum atomic E-state index is -1.07. The summed E-state index contributed by atoms with van der Waals surface area (Å²) in [6, 6.07) is 13.0. The predicted octanol–water partition coefficient (Wildman–Crippen LogP) is 2.47. The van der Waals surface area contributed by atoms with E-state index in [1.54, 1.807) is 18.2 Å². The minimum Gasteiger partial charge on any atom is -0.497 e. The van der Waals surface area contributed by atoms with Crippen molar-refractivity contribution in [2.45, 2.75) is 12.5 Å². The van der Waals surface area contributed by atoms with Gasteiger partial charge in [0.05, 0.1) is 19.8 Å².